The molecule has 8 heteroatoms. The molecule has 2 saturated heterocycles. The molecule has 2 heterocycles. The summed E-state index contributed by atoms with van der Waals surface area (Å²) >= 11 is 0. The lowest BCUT2D eigenvalue weighted by molar-refractivity contribution is -0.147. The Morgan fingerprint density at radius 1 is 1.03 bits per heavy atom. The number of nitrogens with zero attached hydrogens (tertiary/aromatic N) is 2. The number of cyclic esters (lactones) is 1. The number of piperidine rings is 1. The number of likely N-dealkylation sites (tertiary alicyclic amines) is 1. The molecule has 0 aromatic heterocycles. The molecule has 2 aliphatic rings. The van der Waals surface area contributed by atoms with Crippen LogP contribution in [0.3, 0.4) is 0 Å². The lowest BCUT2D eigenvalue weighted by atomic mass is 9.75. The standard InChI is InChI=1S/C27H40N2O6/c1-25(2,3)22-29(24(32)33-18-19-11-9-8-10-12-19)20(21(30)34-22)17-27(7)13-15-28(16-14-27)23(31)35-26(4,5)6/h8-12,20,22H,13-18H2,1-7H3/t20-,22+/m0/s1. The topological polar surface area (TPSA) is 85.4 Å². The van der Waals surface area contributed by atoms with Crippen LogP contribution in [0.25, 0.3) is 0 Å². The van der Waals surface area contributed by atoms with Crippen molar-refractivity contribution in [2.24, 2.45) is 10.8 Å². The fourth-order valence-corrected chi connectivity index (χ4v) is 4.54. The molecule has 0 aliphatic carbocycles. The van der Waals surface area contributed by atoms with E-state index in [0.29, 0.717) is 32.4 Å². The second kappa shape index (κ2) is 10.1. The van der Waals surface area contributed by atoms with Gasteiger partial charge in [0.25, 0.3) is 0 Å². The molecule has 1 aromatic carbocycles. The van der Waals surface area contributed by atoms with Crippen LogP contribution in [0, 0.1) is 10.8 Å². The zero-order valence-electron chi connectivity index (χ0n) is 22.1. The number of hydrogen-bond donors (Lipinski definition) is 0. The van der Waals surface area contributed by atoms with Crippen molar-refractivity contribution in [3.8, 4) is 0 Å². The first-order chi connectivity index (χ1) is 16.2. The van der Waals surface area contributed by atoms with E-state index in [0.717, 1.165) is 5.56 Å². The van der Waals surface area contributed by atoms with Gasteiger partial charge in [0.15, 0.2) is 6.23 Å². The Morgan fingerprint density at radius 3 is 2.17 bits per heavy atom. The number of carbonyl (C=O) groups excluding carboxylic acids is 3. The summed E-state index contributed by atoms with van der Waals surface area (Å²) in [6.07, 6.45) is 0.250. The van der Waals surface area contributed by atoms with Gasteiger partial charge in [-0.25, -0.2) is 14.4 Å². The average Bonchev–Trinajstić information content (AvgIpc) is 3.08. The molecule has 3 rings (SSSR count). The predicted molar refractivity (Wildman–Crippen MR) is 131 cm³/mol. The molecular weight excluding hydrogens is 448 g/mol. The highest BCUT2D eigenvalue weighted by Crippen LogP contribution is 2.42. The molecule has 8 nitrogen and oxygen atoms in total. The lowest BCUT2D eigenvalue weighted by Crippen LogP contribution is -2.51. The van der Waals surface area contributed by atoms with Crippen molar-refractivity contribution in [3.05, 3.63) is 35.9 Å². The van der Waals surface area contributed by atoms with Crippen LogP contribution in [0.1, 0.15) is 73.3 Å². The minimum Gasteiger partial charge on any atom is -0.444 e. The van der Waals surface area contributed by atoms with Crippen LogP contribution in [0.4, 0.5) is 9.59 Å². The smallest absolute Gasteiger partial charge is 0.413 e. The number of benzene rings is 1. The van der Waals surface area contributed by atoms with Crippen LogP contribution >= 0.6 is 0 Å². The summed E-state index contributed by atoms with van der Waals surface area (Å²) in [5.41, 5.74) is -0.393. The Kier molecular flexibility index (Phi) is 7.72. The van der Waals surface area contributed by atoms with Gasteiger partial charge in [0.05, 0.1) is 0 Å². The van der Waals surface area contributed by atoms with Gasteiger partial charge in [-0.15, -0.1) is 0 Å². The van der Waals surface area contributed by atoms with Gasteiger partial charge in [0.2, 0.25) is 0 Å². The molecule has 35 heavy (non-hydrogen) atoms. The quantitative estimate of drug-likeness (QED) is 0.420. The normalized spacial score (nSPS) is 22.5. The fraction of sp³-hybridized carbons (Fsp3) is 0.667. The van der Waals surface area contributed by atoms with Gasteiger partial charge >= 0.3 is 18.2 Å². The maximum atomic E-state index is 13.3. The summed E-state index contributed by atoms with van der Waals surface area (Å²) in [4.78, 5) is 41.9. The molecule has 0 spiro atoms. The zero-order valence-corrected chi connectivity index (χ0v) is 22.1. The molecular formula is C27H40N2O6. The van der Waals surface area contributed by atoms with Gasteiger partial charge in [-0.3, -0.25) is 4.90 Å². The number of amides is 2. The van der Waals surface area contributed by atoms with Crippen molar-refractivity contribution in [2.75, 3.05) is 13.1 Å². The van der Waals surface area contributed by atoms with E-state index in [2.05, 4.69) is 6.92 Å². The monoisotopic (exact) mass is 488 g/mol. The van der Waals surface area contributed by atoms with Crippen LogP contribution in [0.5, 0.6) is 0 Å². The van der Waals surface area contributed by atoms with Crippen LogP contribution < -0.4 is 0 Å². The van der Waals surface area contributed by atoms with Crippen molar-refractivity contribution in [1.29, 1.82) is 0 Å². The molecule has 0 N–H and O–H groups in total. The van der Waals surface area contributed by atoms with Gasteiger partial charge in [0.1, 0.15) is 18.2 Å². The Hall–Kier alpha value is -2.77. The molecule has 0 bridgehead atoms. The first kappa shape index (κ1) is 26.8. The Morgan fingerprint density at radius 2 is 1.63 bits per heavy atom. The summed E-state index contributed by atoms with van der Waals surface area (Å²) in [6, 6.07) is 8.71. The zero-order chi connectivity index (χ0) is 26.0. The largest absolute Gasteiger partial charge is 0.444 e. The van der Waals surface area contributed by atoms with E-state index in [1.165, 1.54) is 4.90 Å². The summed E-state index contributed by atoms with van der Waals surface area (Å²) in [5.74, 6) is -0.405. The second-order valence-corrected chi connectivity index (χ2v) is 12.1. The SMILES string of the molecule is CC1(C[C@H]2C(=O)O[C@H](C(C)(C)C)N2C(=O)OCc2ccccc2)CCN(C(=O)OC(C)(C)C)CC1. The summed E-state index contributed by atoms with van der Waals surface area (Å²) < 4.78 is 16.8. The van der Waals surface area contributed by atoms with Crippen LogP contribution in [-0.4, -0.2) is 58.9 Å². The first-order valence-corrected chi connectivity index (χ1v) is 12.4. The molecule has 2 atom stereocenters. The first-order valence-electron chi connectivity index (χ1n) is 12.4. The summed E-state index contributed by atoms with van der Waals surface area (Å²) in [6.45, 7) is 14.7. The molecule has 2 aliphatic heterocycles. The van der Waals surface area contributed by atoms with Gasteiger partial charge < -0.3 is 19.1 Å². The maximum Gasteiger partial charge on any atom is 0.413 e. The van der Waals surface area contributed by atoms with E-state index >= 15 is 0 Å². The summed E-state index contributed by atoms with van der Waals surface area (Å²) in [7, 11) is 0. The number of rotatable bonds is 4. The van der Waals surface area contributed by atoms with Crippen LogP contribution in [0.15, 0.2) is 30.3 Å². The van der Waals surface area contributed by atoms with Crippen LogP contribution in [-0.2, 0) is 25.6 Å². The van der Waals surface area contributed by atoms with Crippen molar-refractivity contribution in [1.82, 2.24) is 9.80 Å². The minimum absolute atomic E-state index is 0.121. The van der Waals surface area contributed by atoms with Gasteiger partial charge in [-0.2, -0.15) is 0 Å². The Bertz CT molecular complexity index is 910. The molecule has 0 saturated carbocycles. The predicted octanol–water partition coefficient (Wildman–Crippen LogP) is 5.35. The van der Waals surface area contributed by atoms with Gasteiger partial charge in [-0.1, -0.05) is 58.0 Å². The number of hydrogen-bond acceptors (Lipinski definition) is 6. The molecule has 2 amide bonds. The maximum absolute atomic E-state index is 13.3. The highest BCUT2D eigenvalue weighted by molar-refractivity contribution is 5.84. The second-order valence-electron chi connectivity index (χ2n) is 12.1. The summed E-state index contributed by atoms with van der Waals surface area (Å²) in [5, 5.41) is 0. The van der Waals surface area contributed by atoms with Crippen molar-refractivity contribution in [3.63, 3.8) is 0 Å². The average molecular weight is 489 g/mol. The van der Waals surface area contributed by atoms with E-state index in [4.69, 9.17) is 14.2 Å². The van der Waals surface area contributed by atoms with E-state index in [-0.39, 0.29) is 18.1 Å². The molecule has 1 aromatic rings. The van der Waals surface area contributed by atoms with Crippen molar-refractivity contribution >= 4 is 18.2 Å². The Labute approximate surface area is 208 Å². The minimum atomic E-state index is -0.736. The third-order valence-electron chi connectivity index (χ3n) is 6.55. The molecule has 0 radical (unpaired) electrons. The van der Waals surface area contributed by atoms with Crippen molar-refractivity contribution in [2.45, 2.75) is 92.2 Å². The fourth-order valence-electron chi connectivity index (χ4n) is 4.54. The highest BCUT2D eigenvalue weighted by atomic mass is 16.6. The highest BCUT2D eigenvalue weighted by Gasteiger charge is 2.52. The number of esters is 1. The van der Waals surface area contributed by atoms with E-state index in [1.807, 2.05) is 71.9 Å². The Balaban J connectivity index is 1.70. The molecule has 194 valence electrons. The van der Waals surface area contributed by atoms with E-state index in [1.54, 1.807) is 4.90 Å². The van der Waals surface area contributed by atoms with Crippen molar-refractivity contribution < 1.29 is 28.6 Å². The molecule has 0 unspecified atom stereocenters. The molecule has 2 fully saturated rings. The lowest BCUT2D eigenvalue weighted by Gasteiger charge is -2.42. The van der Waals surface area contributed by atoms with Gasteiger partial charge in [-0.05, 0) is 51.0 Å². The van der Waals surface area contributed by atoms with Gasteiger partial charge in [0, 0.05) is 18.5 Å². The van der Waals surface area contributed by atoms with Crippen LogP contribution in [0.2, 0.25) is 0 Å². The third-order valence-corrected chi connectivity index (χ3v) is 6.55. The number of carbonyl (C=O) groups is 3. The van der Waals surface area contributed by atoms with E-state index in [9.17, 15) is 14.4 Å². The van der Waals surface area contributed by atoms with E-state index < -0.39 is 35.3 Å². The number of ether oxygens (including phenoxy) is 3. The third kappa shape index (κ3) is 6.89.